The molecule has 1 aromatic rings. The maximum atomic E-state index is 14.0. The first-order valence-electron chi connectivity index (χ1n) is 8.03. The minimum absolute atomic E-state index is 0. The molecule has 2 aliphatic rings. The molecule has 0 radical (unpaired) electrons. The van der Waals surface area contributed by atoms with Crippen LogP contribution in [0.4, 0.5) is 4.39 Å². The SMILES string of the molecule is COc1ccc(C(=O)N2CCC(NCC3CC3)CC2)c(F)c1.Cl. The van der Waals surface area contributed by atoms with Gasteiger partial charge in [0, 0.05) is 25.2 Å². The third-order valence-electron chi connectivity index (χ3n) is 4.58. The molecule has 1 saturated heterocycles. The predicted molar refractivity (Wildman–Crippen MR) is 89.9 cm³/mol. The number of rotatable bonds is 5. The lowest BCUT2D eigenvalue weighted by atomic mass is 10.0. The standard InChI is InChI=1S/C17H23FN2O2.ClH/c1-22-14-4-5-15(16(18)10-14)17(21)20-8-6-13(7-9-20)19-11-12-2-3-12;/h4-5,10,12-13,19H,2-3,6-9,11H2,1H3;1H. The van der Waals surface area contributed by atoms with Crippen molar-refractivity contribution in [3.8, 4) is 5.75 Å². The van der Waals surface area contributed by atoms with E-state index in [4.69, 9.17) is 4.74 Å². The van der Waals surface area contributed by atoms with Gasteiger partial charge in [-0.05, 0) is 50.3 Å². The number of hydrogen-bond donors (Lipinski definition) is 1. The molecule has 128 valence electrons. The summed E-state index contributed by atoms with van der Waals surface area (Å²) < 4.78 is 19.0. The molecule has 0 unspecified atom stereocenters. The summed E-state index contributed by atoms with van der Waals surface area (Å²) in [5.74, 6) is 0.559. The van der Waals surface area contributed by atoms with E-state index in [1.807, 2.05) is 0 Å². The molecule has 2 fully saturated rings. The molecule has 0 spiro atoms. The maximum absolute atomic E-state index is 14.0. The van der Waals surface area contributed by atoms with E-state index >= 15 is 0 Å². The van der Waals surface area contributed by atoms with Crippen LogP contribution in [0.2, 0.25) is 0 Å². The molecule has 1 saturated carbocycles. The second-order valence-corrected chi connectivity index (χ2v) is 6.26. The Labute approximate surface area is 142 Å². The summed E-state index contributed by atoms with van der Waals surface area (Å²) in [5, 5.41) is 3.58. The van der Waals surface area contributed by atoms with E-state index in [-0.39, 0.29) is 23.9 Å². The fraction of sp³-hybridized carbons (Fsp3) is 0.588. The van der Waals surface area contributed by atoms with Crippen molar-refractivity contribution in [2.45, 2.75) is 31.7 Å². The van der Waals surface area contributed by atoms with Crippen molar-refractivity contribution in [3.63, 3.8) is 0 Å². The molecular weight excluding hydrogens is 319 g/mol. The normalized spacial score (nSPS) is 18.4. The fourth-order valence-electron chi connectivity index (χ4n) is 2.91. The number of halogens is 2. The molecule has 1 aliphatic heterocycles. The third-order valence-corrected chi connectivity index (χ3v) is 4.58. The Kier molecular flexibility index (Phi) is 6.25. The zero-order valence-corrected chi connectivity index (χ0v) is 14.2. The molecule has 3 rings (SSSR count). The molecule has 23 heavy (non-hydrogen) atoms. The van der Waals surface area contributed by atoms with Crippen molar-refractivity contribution >= 4 is 18.3 Å². The lowest BCUT2D eigenvalue weighted by Gasteiger charge is -2.32. The first kappa shape index (κ1) is 18.0. The average Bonchev–Trinajstić information content (AvgIpc) is 3.37. The number of amides is 1. The fourth-order valence-corrected chi connectivity index (χ4v) is 2.91. The van der Waals surface area contributed by atoms with Gasteiger partial charge in [-0.15, -0.1) is 12.4 Å². The molecule has 0 bridgehead atoms. The van der Waals surface area contributed by atoms with Gasteiger partial charge >= 0.3 is 0 Å². The topological polar surface area (TPSA) is 41.6 Å². The van der Waals surface area contributed by atoms with Crippen molar-refractivity contribution < 1.29 is 13.9 Å². The highest BCUT2D eigenvalue weighted by Gasteiger charge is 2.27. The number of methoxy groups -OCH3 is 1. The molecule has 1 aliphatic carbocycles. The Morgan fingerprint density at radius 1 is 1.30 bits per heavy atom. The summed E-state index contributed by atoms with van der Waals surface area (Å²) >= 11 is 0. The van der Waals surface area contributed by atoms with Gasteiger partial charge in [-0.25, -0.2) is 4.39 Å². The number of nitrogens with zero attached hydrogens (tertiary/aromatic N) is 1. The highest BCUT2D eigenvalue weighted by molar-refractivity contribution is 5.94. The Hall–Kier alpha value is -1.33. The summed E-state index contributed by atoms with van der Waals surface area (Å²) in [6.45, 7) is 2.48. The van der Waals surface area contributed by atoms with E-state index in [1.54, 1.807) is 11.0 Å². The minimum atomic E-state index is -0.515. The van der Waals surface area contributed by atoms with Crippen LogP contribution in [0.25, 0.3) is 0 Å². The summed E-state index contributed by atoms with van der Waals surface area (Å²) in [4.78, 5) is 14.2. The molecule has 1 aromatic carbocycles. The van der Waals surface area contributed by atoms with E-state index in [2.05, 4.69) is 5.32 Å². The summed E-state index contributed by atoms with van der Waals surface area (Å²) in [6, 6.07) is 4.89. The van der Waals surface area contributed by atoms with Crippen LogP contribution >= 0.6 is 12.4 Å². The lowest BCUT2D eigenvalue weighted by Crippen LogP contribution is -2.45. The Morgan fingerprint density at radius 3 is 2.57 bits per heavy atom. The average molecular weight is 343 g/mol. The second kappa shape index (κ2) is 7.97. The molecule has 1 N–H and O–H groups in total. The number of benzene rings is 1. The zero-order valence-electron chi connectivity index (χ0n) is 13.4. The van der Waals surface area contributed by atoms with Crippen LogP contribution in [0.5, 0.6) is 5.75 Å². The van der Waals surface area contributed by atoms with Crippen molar-refractivity contribution in [3.05, 3.63) is 29.6 Å². The first-order chi connectivity index (χ1) is 10.7. The molecule has 1 heterocycles. The highest BCUT2D eigenvalue weighted by Crippen LogP contribution is 2.28. The van der Waals surface area contributed by atoms with E-state index in [0.29, 0.717) is 24.9 Å². The van der Waals surface area contributed by atoms with Crippen LogP contribution in [0.1, 0.15) is 36.0 Å². The first-order valence-corrected chi connectivity index (χ1v) is 8.03. The van der Waals surface area contributed by atoms with Gasteiger partial charge in [0.05, 0.1) is 12.7 Å². The van der Waals surface area contributed by atoms with Gasteiger partial charge < -0.3 is 15.0 Å². The molecule has 1 amide bonds. The number of ether oxygens (including phenoxy) is 1. The van der Waals surface area contributed by atoms with Crippen LogP contribution in [0.15, 0.2) is 18.2 Å². The minimum Gasteiger partial charge on any atom is -0.497 e. The van der Waals surface area contributed by atoms with Crippen LogP contribution in [-0.2, 0) is 0 Å². The third kappa shape index (κ3) is 4.58. The number of likely N-dealkylation sites (tertiary alicyclic amines) is 1. The summed E-state index contributed by atoms with van der Waals surface area (Å²) in [7, 11) is 1.48. The Balaban J connectivity index is 0.00000192. The number of piperidine rings is 1. The second-order valence-electron chi connectivity index (χ2n) is 6.26. The van der Waals surface area contributed by atoms with E-state index in [9.17, 15) is 9.18 Å². The van der Waals surface area contributed by atoms with Gasteiger partial charge in [0.1, 0.15) is 11.6 Å². The van der Waals surface area contributed by atoms with Crippen molar-refractivity contribution in [1.82, 2.24) is 10.2 Å². The van der Waals surface area contributed by atoms with Gasteiger partial charge in [0.15, 0.2) is 0 Å². The number of nitrogens with one attached hydrogen (secondary N) is 1. The Morgan fingerprint density at radius 2 is 2.00 bits per heavy atom. The monoisotopic (exact) mass is 342 g/mol. The van der Waals surface area contributed by atoms with E-state index in [1.165, 1.54) is 32.1 Å². The summed E-state index contributed by atoms with van der Waals surface area (Å²) in [6.07, 6.45) is 4.58. The molecule has 0 aromatic heterocycles. The van der Waals surface area contributed by atoms with Crippen LogP contribution < -0.4 is 10.1 Å². The quantitative estimate of drug-likeness (QED) is 0.894. The van der Waals surface area contributed by atoms with Crippen molar-refractivity contribution in [2.24, 2.45) is 5.92 Å². The van der Waals surface area contributed by atoms with Crippen LogP contribution in [0.3, 0.4) is 0 Å². The highest BCUT2D eigenvalue weighted by atomic mass is 35.5. The van der Waals surface area contributed by atoms with Gasteiger partial charge in [0.2, 0.25) is 0 Å². The number of hydrogen-bond acceptors (Lipinski definition) is 3. The van der Waals surface area contributed by atoms with Gasteiger partial charge in [0.25, 0.3) is 5.91 Å². The smallest absolute Gasteiger partial charge is 0.256 e. The van der Waals surface area contributed by atoms with Crippen LogP contribution in [-0.4, -0.2) is 43.6 Å². The van der Waals surface area contributed by atoms with Crippen molar-refractivity contribution in [2.75, 3.05) is 26.7 Å². The number of carbonyl (C=O) groups is 1. The Bertz CT molecular complexity index is 543. The number of carbonyl (C=O) groups excluding carboxylic acids is 1. The van der Waals surface area contributed by atoms with Crippen LogP contribution in [0, 0.1) is 11.7 Å². The largest absolute Gasteiger partial charge is 0.497 e. The molecule has 0 atom stereocenters. The predicted octanol–water partition coefficient (Wildman–Crippen LogP) is 2.86. The van der Waals surface area contributed by atoms with E-state index < -0.39 is 5.82 Å². The maximum Gasteiger partial charge on any atom is 0.256 e. The van der Waals surface area contributed by atoms with Gasteiger partial charge in [-0.2, -0.15) is 0 Å². The van der Waals surface area contributed by atoms with E-state index in [0.717, 1.165) is 25.3 Å². The molecule has 4 nitrogen and oxygen atoms in total. The molecular formula is C17H24ClFN2O2. The lowest BCUT2D eigenvalue weighted by molar-refractivity contribution is 0.0700. The van der Waals surface area contributed by atoms with Gasteiger partial charge in [-0.3, -0.25) is 4.79 Å². The molecule has 6 heteroatoms. The van der Waals surface area contributed by atoms with Gasteiger partial charge in [-0.1, -0.05) is 0 Å². The van der Waals surface area contributed by atoms with Crippen molar-refractivity contribution in [1.29, 1.82) is 0 Å². The summed E-state index contributed by atoms with van der Waals surface area (Å²) in [5.41, 5.74) is 0.130. The zero-order chi connectivity index (χ0) is 15.5.